The Labute approximate surface area is 258 Å². The molecule has 1 atom stereocenters. The summed E-state index contributed by atoms with van der Waals surface area (Å²) in [6, 6.07) is 17.6. The Hall–Kier alpha value is -4.43. The molecule has 0 radical (unpaired) electrons. The quantitative estimate of drug-likeness (QED) is 0.145. The summed E-state index contributed by atoms with van der Waals surface area (Å²) < 4.78 is 16.2. The van der Waals surface area contributed by atoms with Gasteiger partial charge >= 0.3 is 0 Å². The first kappa shape index (κ1) is 30.0. The van der Waals surface area contributed by atoms with Crippen LogP contribution in [-0.2, 0) is 18.4 Å². The lowest BCUT2D eigenvalue weighted by atomic mass is 9.98. The van der Waals surface area contributed by atoms with E-state index in [0.29, 0.717) is 17.4 Å². The van der Waals surface area contributed by atoms with E-state index in [-0.39, 0.29) is 40.8 Å². The van der Waals surface area contributed by atoms with Crippen molar-refractivity contribution in [2.24, 2.45) is 12.1 Å². The number of nitrogens with one attached hydrogen (secondary N) is 1. The van der Waals surface area contributed by atoms with Gasteiger partial charge in [0.15, 0.2) is 11.0 Å². The minimum Gasteiger partial charge on any atom is -0.345 e. The molecule has 0 fully saturated rings. The second kappa shape index (κ2) is 12.8. The number of nitro groups is 1. The van der Waals surface area contributed by atoms with Crippen LogP contribution in [0.5, 0.6) is 0 Å². The Morgan fingerprint density at radius 1 is 1.12 bits per heavy atom. The van der Waals surface area contributed by atoms with Gasteiger partial charge in [0.1, 0.15) is 5.82 Å². The predicted octanol–water partition coefficient (Wildman–Crippen LogP) is 5.33. The van der Waals surface area contributed by atoms with Gasteiger partial charge in [-0.1, -0.05) is 58.0 Å². The molecule has 14 heteroatoms. The maximum absolute atomic E-state index is 13.6. The normalized spacial score (nSPS) is 14.5. The first-order valence-corrected chi connectivity index (χ1v) is 14.8. The number of rotatable bonds is 9. The Kier molecular flexibility index (Phi) is 8.97. The van der Waals surface area contributed by atoms with Crippen molar-refractivity contribution in [1.29, 1.82) is 0 Å². The van der Waals surface area contributed by atoms with Crippen molar-refractivity contribution in [3.63, 3.8) is 0 Å². The smallest absolute Gasteiger partial charge is 0.273 e. The summed E-state index contributed by atoms with van der Waals surface area (Å²) in [5.41, 5.74) is 2.73. The van der Waals surface area contributed by atoms with E-state index in [2.05, 4.69) is 36.5 Å². The van der Waals surface area contributed by atoms with Crippen LogP contribution in [0, 0.1) is 22.9 Å². The maximum atomic E-state index is 13.6. The number of nitrogens with zero attached hydrogens (tertiary/aromatic N) is 6. The molecule has 0 unspecified atom stereocenters. The van der Waals surface area contributed by atoms with Crippen LogP contribution in [0.4, 0.5) is 10.1 Å². The predicted molar refractivity (Wildman–Crippen MR) is 162 cm³/mol. The highest BCUT2D eigenvalue weighted by Gasteiger charge is 2.33. The van der Waals surface area contributed by atoms with Crippen LogP contribution in [0.25, 0.3) is 0 Å². The summed E-state index contributed by atoms with van der Waals surface area (Å²) in [6.45, 7) is 1.55. The molecule has 5 rings (SSSR count). The SMILES string of the molecule is Cc1c(C(=O)NCc2nnc(SCC(=O)N3N=C(c4ccc(Br)cc4)C[C@H]3c3ccc(F)cc3)n2C)cccc1[N+](=O)[O-]. The van der Waals surface area contributed by atoms with Crippen molar-refractivity contribution in [3.05, 3.63) is 115 Å². The summed E-state index contributed by atoms with van der Waals surface area (Å²) in [5, 5.41) is 28.8. The molecule has 0 saturated carbocycles. The molecule has 2 amide bonds. The van der Waals surface area contributed by atoms with Gasteiger partial charge in [-0.25, -0.2) is 9.40 Å². The van der Waals surface area contributed by atoms with E-state index in [0.717, 1.165) is 21.3 Å². The van der Waals surface area contributed by atoms with Crippen molar-refractivity contribution in [2.75, 3.05) is 5.75 Å². The molecule has 3 aromatic carbocycles. The van der Waals surface area contributed by atoms with E-state index in [1.807, 2.05) is 24.3 Å². The standard InChI is InChI=1S/C29H25BrFN7O4S/c1-17-22(4-3-5-24(17)38(41)42)28(40)32-15-26-33-34-29(36(26)2)43-16-27(39)37-25(19-8-12-21(31)13-9-19)14-23(35-37)18-6-10-20(30)11-7-18/h3-13,25H,14-16H2,1-2H3,(H,32,40)/t25-/m0/s1. The van der Waals surface area contributed by atoms with E-state index < -0.39 is 16.9 Å². The number of carbonyl (C=O) groups is 2. The number of hydrogen-bond acceptors (Lipinski definition) is 8. The Balaban J connectivity index is 1.26. The summed E-state index contributed by atoms with van der Waals surface area (Å²) in [4.78, 5) is 36.9. The van der Waals surface area contributed by atoms with Crippen LogP contribution in [0.3, 0.4) is 0 Å². The fourth-order valence-electron chi connectivity index (χ4n) is 4.64. The van der Waals surface area contributed by atoms with Crippen molar-refractivity contribution in [3.8, 4) is 0 Å². The number of hydrazone groups is 1. The first-order chi connectivity index (χ1) is 20.6. The van der Waals surface area contributed by atoms with Gasteiger partial charge in [-0.3, -0.25) is 19.7 Å². The zero-order chi connectivity index (χ0) is 30.7. The van der Waals surface area contributed by atoms with Crippen LogP contribution >= 0.6 is 27.7 Å². The van der Waals surface area contributed by atoms with Gasteiger partial charge in [-0.2, -0.15) is 5.10 Å². The summed E-state index contributed by atoms with van der Waals surface area (Å²) in [6.07, 6.45) is 0.474. The molecule has 0 aliphatic carbocycles. The van der Waals surface area contributed by atoms with Gasteiger partial charge in [0.2, 0.25) is 0 Å². The van der Waals surface area contributed by atoms with E-state index in [1.165, 1.54) is 54.0 Å². The average Bonchev–Trinajstić information content (AvgIpc) is 3.59. The van der Waals surface area contributed by atoms with E-state index in [9.17, 15) is 24.1 Å². The molecule has 0 bridgehead atoms. The van der Waals surface area contributed by atoms with Crippen LogP contribution in [0.1, 0.15) is 45.3 Å². The minimum absolute atomic E-state index is 0.0139. The number of benzene rings is 3. The molecule has 11 nitrogen and oxygen atoms in total. The molecular formula is C29H25BrFN7O4S. The largest absolute Gasteiger partial charge is 0.345 e. The molecule has 1 N–H and O–H groups in total. The molecule has 1 aliphatic rings. The molecule has 2 heterocycles. The molecule has 1 aromatic heterocycles. The number of amides is 2. The highest BCUT2D eigenvalue weighted by atomic mass is 79.9. The maximum Gasteiger partial charge on any atom is 0.273 e. The number of halogens is 2. The summed E-state index contributed by atoms with van der Waals surface area (Å²) >= 11 is 4.61. The van der Waals surface area contributed by atoms with Crippen LogP contribution in [-0.4, -0.2) is 48.0 Å². The van der Waals surface area contributed by atoms with Gasteiger partial charge in [0.25, 0.3) is 17.5 Å². The third-order valence-corrected chi connectivity index (χ3v) is 8.54. The monoisotopic (exact) mass is 665 g/mol. The van der Waals surface area contributed by atoms with Crippen LogP contribution in [0.15, 0.2) is 81.5 Å². The highest BCUT2D eigenvalue weighted by Crippen LogP contribution is 2.34. The van der Waals surface area contributed by atoms with Crippen molar-refractivity contribution in [2.45, 2.75) is 31.1 Å². The molecule has 0 spiro atoms. The van der Waals surface area contributed by atoms with E-state index in [4.69, 9.17) is 0 Å². The lowest BCUT2D eigenvalue weighted by molar-refractivity contribution is -0.385. The second-order valence-corrected chi connectivity index (χ2v) is 11.6. The Morgan fingerprint density at radius 2 is 1.84 bits per heavy atom. The topological polar surface area (TPSA) is 136 Å². The summed E-state index contributed by atoms with van der Waals surface area (Å²) in [7, 11) is 1.72. The number of nitro benzene ring substituents is 1. The third kappa shape index (κ3) is 6.65. The number of hydrogen-bond donors (Lipinski definition) is 1. The Morgan fingerprint density at radius 3 is 2.53 bits per heavy atom. The zero-order valence-electron chi connectivity index (χ0n) is 23.0. The molecule has 1 aliphatic heterocycles. The van der Waals surface area contributed by atoms with Gasteiger partial charge in [0, 0.05) is 35.1 Å². The second-order valence-electron chi connectivity index (χ2n) is 9.70. The van der Waals surface area contributed by atoms with Crippen LogP contribution < -0.4 is 5.32 Å². The van der Waals surface area contributed by atoms with E-state index >= 15 is 0 Å². The average molecular weight is 667 g/mol. The Bertz CT molecular complexity index is 1730. The highest BCUT2D eigenvalue weighted by molar-refractivity contribution is 9.10. The van der Waals surface area contributed by atoms with E-state index in [1.54, 1.807) is 23.7 Å². The molecule has 4 aromatic rings. The minimum atomic E-state index is -0.531. The zero-order valence-corrected chi connectivity index (χ0v) is 25.4. The lowest BCUT2D eigenvalue weighted by Gasteiger charge is -2.22. The number of thioether (sulfide) groups is 1. The lowest BCUT2D eigenvalue weighted by Crippen LogP contribution is -2.28. The van der Waals surface area contributed by atoms with Gasteiger partial charge < -0.3 is 9.88 Å². The molecule has 43 heavy (non-hydrogen) atoms. The number of carbonyl (C=O) groups excluding carboxylic acids is 2. The third-order valence-electron chi connectivity index (χ3n) is 7.00. The van der Waals surface area contributed by atoms with Crippen molar-refractivity contribution in [1.82, 2.24) is 25.1 Å². The molecular weight excluding hydrogens is 641 g/mol. The van der Waals surface area contributed by atoms with Gasteiger partial charge in [-0.05, 0) is 48.4 Å². The fourth-order valence-corrected chi connectivity index (χ4v) is 5.69. The molecule has 220 valence electrons. The molecule has 0 saturated heterocycles. The number of aromatic nitrogens is 3. The summed E-state index contributed by atoms with van der Waals surface area (Å²) in [5.74, 6) is -0.648. The van der Waals surface area contributed by atoms with Crippen molar-refractivity contribution >= 4 is 50.9 Å². The van der Waals surface area contributed by atoms with Crippen molar-refractivity contribution < 1.29 is 18.9 Å². The fraction of sp³-hybridized carbons (Fsp3) is 0.207. The van der Waals surface area contributed by atoms with Crippen LogP contribution in [0.2, 0.25) is 0 Å². The van der Waals surface area contributed by atoms with Gasteiger partial charge in [0.05, 0.1) is 29.0 Å². The van der Waals surface area contributed by atoms with Gasteiger partial charge in [-0.15, -0.1) is 10.2 Å². The first-order valence-electron chi connectivity index (χ1n) is 13.1.